The van der Waals surface area contributed by atoms with Crippen molar-refractivity contribution < 1.29 is 19.2 Å². The van der Waals surface area contributed by atoms with E-state index in [1.54, 1.807) is 7.11 Å². The maximum Gasteiger partial charge on any atom is 0.494 e. The van der Waals surface area contributed by atoms with E-state index in [2.05, 4.69) is 52.8 Å². The quantitative estimate of drug-likeness (QED) is 0.515. The lowest BCUT2D eigenvalue weighted by Crippen LogP contribution is -2.41. The van der Waals surface area contributed by atoms with Crippen LogP contribution in [0.25, 0.3) is 0 Å². The van der Waals surface area contributed by atoms with Crippen LogP contribution in [0.3, 0.4) is 0 Å². The molecule has 0 aromatic heterocycles. The number of methoxy groups -OCH3 is 1. The molecule has 0 aliphatic carbocycles. The van der Waals surface area contributed by atoms with Crippen molar-refractivity contribution >= 4 is 12.6 Å². The molecule has 1 aliphatic heterocycles. The first kappa shape index (κ1) is 22.4. The van der Waals surface area contributed by atoms with Gasteiger partial charge in [0.1, 0.15) is 0 Å². The molecular formula is C22H37BO4. The molecule has 0 bridgehead atoms. The van der Waals surface area contributed by atoms with E-state index in [9.17, 15) is 5.11 Å². The number of hydrogen-bond donors (Lipinski definition) is 1. The average molecular weight is 376 g/mol. The highest BCUT2D eigenvalue weighted by atomic mass is 16.7. The molecular weight excluding hydrogens is 339 g/mol. The normalized spacial score (nSPS) is 20.7. The second-order valence-electron chi connectivity index (χ2n) is 8.83. The van der Waals surface area contributed by atoms with E-state index in [1.807, 2.05) is 6.92 Å². The van der Waals surface area contributed by atoms with E-state index in [0.29, 0.717) is 13.0 Å². The molecule has 5 heteroatoms. The number of hydrogen-bond acceptors (Lipinski definition) is 4. The molecule has 4 nitrogen and oxygen atoms in total. The maximum atomic E-state index is 11.4. The molecule has 0 spiro atoms. The minimum atomic E-state index is -0.836. The van der Waals surface area contributed by atoms with E-state index < -0.39 is 23.9 Å². The van der Waals surface area contributed by atoms with Gasteiger partial charge < -0.3 is 19.2 Å². The highest BCUT2D eigenvalue weighted by Gasteiger charge is 2.52. The molecule has 1 aromatic rings. The Morgan fingerprint density at radius 1 is 1.04 bits per heavy atom. The molecule has 2 rings (SSSR count). The lowest BCUT2D eigenvalue weighted by molar-refractivity contribution is 0.00578. The molecule has 27 heavy (non-hydrogen) atoms. The summed E-state index contributed by atoms with van der Waals surface area (Å²) in [4.78, 5) is 0. The Kier molecular flexibility index (Phi) is 7.18. The van der Waals surface area contributed by atoms with E-state index in [-0.39, 0.29) is 0 Å². The van der Waals surface area contributed by atoms with Crippen LogP contribution >= 0.6 is 0 Å². The predicted octanol–water partition coefficient (Wildman–Crippen LogP) is 4.31. The number of unbranched alkanes of at least 4 members (excludes halogenated alkanes) is 2. The van der Waals surface area contributed by atoms with Gasteiger partial charge in [-0.05, 0) is 57.1 Å². The molecule has 0 radical (unpaired) electrons. The minimum absolute atomic E-state index is 0.392. The van der Waals surface area contributed by atoms with Gasteiger partial charge in [0.2, 0.25) is 0 Å². The molecule has 1 N–H and O–H groups in total. The molecule has 0 saturated carbocycles. The molecule has 1 saturated heterocycles. The fraction of sp³-hybridized carbons (Fsp3) is 0.727. The second-order valence-corrected chi connectivity index (χ2v) is 8.83. The number of rotatable bonds is 9. The number of aliphatic hydroxyl groups is 1. The van der Waals surface area contributed by atoms with Gasteiger partial charge >= 0.3 is 7.12 Å². The van der Waals surface area contributed by atoms with Gasteiger partial charge in [-0.15, -0.1) is 0 Å². The largest absolute Gasteiger partial charge is 0.494 e. The Bertz CT molecular complexity index is 613. The summed E-state index contributed by atoms with van der Waals surface area (Å²) in [5.41, 5.74) is 1.29. The molecule has 1 atom stereocenters. The van der Waals surface area contributed by atoms with E-state index in [4.69, 9.17) is 14.0 Å². The van der Waals surface area contributed by atoms with Crippen molar-refractivity contribution in [3.8, 4) is 0 Å². The van der Waals surface area contributed by atoms with Crippen molar-refractivity contribution in [1.29, 1.82) is 0 Å². The van der Waals surface area contributed by atoms with Gasteiger partial charge in [-0.1, -0.05) is 51.3 Å². The van der Waals surface area contributed by atoms with Crippen LogP contribution in [0, 0.1) is 0 Å². The summed E-state index contributed by atoms with van der Waals surface area (Å²) in [5, 5.41) is 11.4. The second kappa shape index (κ2) is 8.65. The number of ether oxygens (including phenoxy) is 1. The fourth-order valence-electron chi connectivity index (χ4n) is 3.54. The van der Waals surface area contributed by atoms with E-state index in [1.165, 1.54) is 0 Å². The van der Waals surface area contributed by atoms with E-state index in [0.717, 1.165) is 42.3 Å². The zero-order chi connectivity index (χ0) is 20.3. The Morgan fingerprint density at radius 3 is 2.19 bits per heavy atom. The van der Waals surface area contributed by atoms with Crippen LogP contribution in [0.15, 0.2) is 18.2 Å². The molecule has 1 aromatic carbocycles. The van der Waals surface area contributed by atoms with Crippen molar-refractivity contribution in [3.63, 3.8) is 0 Å². The summed E-state index contributed by atoms with van der Waals surface area (Å²) < 4.78 is 17.8. The standard InChI is InChI=1S/C22H37BO4/c1-8-10-11-12-22(24,9-2)18-13-17(16-25-7)14-19(15-18)23-26-20(3,4)21(5,6)27-23/h13-15,24H,8-12,16H2,1-7H3. The summed E-state index contributed by atoms with van der Waals surface area (Å²) in [6.07, 6.45) is 4.72. The molecule has 1 unspecified atom stereocenters. The fourth-order valence-corrected chi connectivity index (χ4v) is 3.54. The Balaban J connectivity index is 2.39. The van der Waals surface area contributed by atoms with Gasteiger partial charge in [-0.3, -0.25) is 0 Å². The van der Waals surface area contributed by atoms with Crippen LogP contribution < -0.4 is 5.46 Å². The van der Waals surface area contributed by atoms with Crippen molar-refractivity contribution in [3.05, 3.63) is 29.3 Å². The third kappa shape index (κ3) is 4.95. The summed E-state index contributed by atoms with van der Waals surface area (Å²) in [6, 6.07) is 6.18. The first-order valence-corrected chi connectivity index (χ1v) is 10.3. The van der Waals surface area contributed by atoms with Gasteiger partial charge in [-0.2, -0.15) is 0 Å². The van der Waals surface area contributed by atoms with Crippen molar-refractivity contribution in [2.24, 2.45) is 0 Å². The van der Waals surface area contributed by atoms with Crippen LogP contribution in [0.4, 0.5) is 0 Å². The zero-order valence-corrected chi connectivity index (χ0v) is 18.2. The van der Waals surface area contributed by atoms with Crippen LogP contribution in [-0.2, 0) is 26.3 Å². The molecule has 0 amide bonds. The third-order valence-corrected chi connectivity index (χ3v) is 6.17. The minimum Gasteiger partial charge on any atom is -0.399 e. The summed E-state index contributed by atoms with van der Waals surface area (Å²) in [6.45, 7) is 12.9. The third-order valence-electron chi connectivity index (χ3n) is 6.17. The smallest absolute Gasteiger partial charge is 0.399 e. The highest BCUT2D eigenvalue weighted by Crippen LogP contribution is 2.37. The van der Waals surface area contributed by atoms with Crippen LogP contribution in [0.2, 0.25) is 0 Å². The van der Waals surface area contributed by atoms with Crippen LogP contribution in [-0.4, -0.2) is 30.5 Å². The Labute approximate surface area is 165 Å². The highest BCUT2D eigenvalue weighted by molar-refractivity contribution is 6.62. The number of benzene rings is 1. The molecule has 1 heterocycles. The summed E-state index contributed by atoms with van der Waals surface area (Å²) >= 11 is 0. The van der Waals surface area contributed by atoms with Crippen LogP contribution in [0.1, 0.15) is 84.8 Å². The Morgan fingerprint density at radius 2 is 1.67 bits per heavy atom. The summed E-state index contributed by atoms with van der Waals surface area (Å²) in [5.74, 6) is 0. The summed E-state index contributed by atoms with van der Waals surface area (Å²) in [7, 11) is 1.25. The van der Waals surface area contributed by atoms with E-state index >= 15 is 0 Å². The molecule has 1 aliphatic rings. The Hall–Kier alpha value is -0.875. The zero-order valence-electron chi connectivity index (χ0n) is 18.2. The first-order chi connectivity index (χ1) is 12.6. The van der Waals surface area contributed by atoms with Crippen molar-refractivity contribution in [2.75, 3.05) is 7.11 Å². The van der Waals surface area contributed by atoms with Gasteiger partial charge in [0.05, 0.1) is 23.4 Å². The van der Waals surface area contributed by atoms with Gasteiger partial charge in [0.15, 0.2) is 0 Å². The van der Waals surface area contributed by atoms with Gasteiger partial charge in [0.25, 0.3) is 0 Å². The lowest BCUT2D eigenvalue weighted by Gasteiger charge is -2.32. The van der Waals surface area contributed by atoms with Gasteiger partial charge in [0, 0.05) is 7.11 Å². The molecule has 1 fully saturated rings. The van der Waals surface area contributed by atoms with Gasteiger partial charge in [-0.25, -0.2) is 0 Å². The lowest BCUT2D eigenvalue weighted by atomic mass is 9.74. The monoisotopic (exact) mass is 376 g/mol. The van der Waals surface area contributed by atoms with Crippen molar-refractivity contribution in [1.82, 2.24) is 0 Å². The average Bonchev–Trinajstić information content (AvgIpc) is 2.83. The molecule has 152 valence electrons. The SMILES string of the molecule is CCCCCC(O)(CC)c1cc(COC)cc(B2OC(C)(C)C(C)(C)O2)c1. The first-order valence-electron chi connectivity index (χ1n) is 10.3. The topological polar surface area (TPSA) is 47.9 Å². The maximum absolute atomic E-state index is 11.4. The predicted molar refractivity (Wildman–Crippen MR) is 111 cm³/mol. The van der Waals surface area contributed by atoms with Crippen molar-refractivity contribution in [2.45, 2.75) is 97.1 Å². The van der Waals surface area contributed by atoms with Crippen LogP contribution in [0.5, 0.6) is 0 Å².